The van der Waals surface area contributed by atoms with Crippen LogP contribution in [-0.4, -0.2) is 45.3 Å². The Hall–Kier alpha value is -4.80. The van der Waals surface area contributed by atoms with E-state index in [2.05, 4.69) is 15.4 Å². The van der Waals surface area contributed by atoms with Gasteiger partial charge in [0.2, 0.25) is 0 Å². The van der Waals surface area contributed by atoms with Crippen LogP contribution in [0.1, 0.15) is 17.3 Å². The van der Waals surface area contributed by atoms with E-state index in [1.807, 2.05) is 37.3 Å². The van der Waals surface area contributed by atoms with Crippen molar-refractivity contribution in [3.8, 4) is 17.0 Å². The van der Waals surface area contributed by atoms with Crippen LogP contribution in [0.5, 0.6) is 5.75 Å². The number of nitrogens with one attached hydrogen (secondary N) is 1. The van der Waals surface area contributed by atoms with Crippen LogP contribution in [0.4, 0.5) is 11.4 Å². The van der Waals surface area contributed by atoms with Crippen molar-refractivity contribution in [2.45, 2.75) is 13.5 Å². The largest absolute Gasteiger partial charge is 0.496 e. The van der Waals surface area contributed by atoms with Gasteiger partial charge in [-0.25, -0.2) is 14.5 Å². The molecular formula is C24H21N5O6. The first-order chi connectivity index (χ1) is 16.9. The van der Waals surface area contributed by atoms with Crippen molar-refractivity contribution >= 4 is 34.3 Å². The lowest BCUT2D eigenvalue weighted by Crippen LogP contribution is -2.21. The minimum atomic E-state index is -0.746. The van der Waals surface area contributed by atoms with E-state index < -0.39 is 23.4 Å². The van der Waals surface area contributed by atoms with Crippen LogP contribution in [0, 0.1) is 10.1 Å². The zero-order valence-corrected chi connectivity index (χ0v) is 18.9. The maximum atomic E-state index is 13.0. The fraction of sp³-hybridized carbons (Fsp3) is 0.167. The molecule has 0 aliphatic carbocycles. The molecule has 1 amide bonds. The Morgan fingerprint density at radius 3 is 2.60 bits per heavy atom. The summed E-state index contributed by atoms with van der Waals surface area (Å²) in [5.74, 6) is -1.21. The first-order valence-electron chi connectivity index (χ1n) is 10.6. The van der Waals surface area contributed by atoms with E-state index in [0.717, 1.165) is 5.56 Å². The van der Waals surface area contributed by atoms with Crippen LogP contribution in [0.15, 0.2) is 60.8 Å². The molecule has 0 aliphatic heterocycles. The summed E-state index contributed by atoms with van der Waals surface area (Å²) in [7, 11) is 1.38. The van der Waals surface area contributed by atoms with E-state index in [4.69, 9.17) is 9.47 Å². The van der Waals surface area contributed by atoms with E-state index in [1.54, 1.807) is 10.7 Å². The van der Waals surface area contributed by atoms with Gasteiger partial charge >= 0.3 is 5.97 Å². The smallest absolute Gasteiger partial charge is 0.339 e. The van der Waals surface area contributed by atoms with Gasteiger partial charge in [0.05, 0.1) is 40.9 Å². The van der Waals surface area contributed by atoms with E-state index >= 15 is 0 Å². The van der Waals surface area contributed by atoms with Crippen LogP contribution < -0.4 is 10.1 Å². The number of aromatic nitrogens is 3. The van der Waals surface area contributed by atoms with Crippen molar-refractivity contribution in [3.05, 3.63) is 76.5 Å². The van der Waals surface area contributed by atoms with E-state index in [9.17, 15) is 19.7 Å². The lowest BCUT2D eigenvalue weighted by atomic mass is 10.1. The number of pyridine rings is 1. The number of aryl methyl sites for hydroxylation is 1. The molecule has 0 fully saturated rings. The summed E-state index contributed by atoms with van der Waals surface area (Å²) in [5.41, 5.74) is 1.68. The molecule has 0 radical (unpaired) electrons. The average Bonchev–Trinajstić information content (AvgIpc) is 3.30. The zero-order valence-electron chi connectivity index (χ0n) is 18.9. The molecular weight excluding hydrogens is 454 g/mol. The molecule has 1 N–H and O–H groups in total. The van der Waals surface area contributed by atoms with Crippen molar-refractivity contribution in [3.63, 3.8) is 0 Å². The Labute approximate surface area is 199 Å². The SMILES string of the molecule is CCn1ncc2c(C(=O)OCC(=O)Nc3ccc(OC)cc3[N+](=O)[O-])cc(-c3ccccc3)nc21. The number of fused-ring (bicyclic) bond motifs is 1. The second-order valence-corrected chi connectivity index (χ2v) is 7.38. The topological polar surface area (TPSA) is 138 Å². The molecule has 0 bridgehead atoms. The molecule has 0 atom stereocenters. The maximum Gasteiger partial charge on any atom is 0.339 e. The van der Waals surface area contributed by atoms with Crippen molar-refractivity contribution in [1.82, 2.24) is 14.8 Å². The van der Waals surface area contributed by atoms with Gasteiger partial charge in [-0.05, 0) is 25.1 Å². The highest BCUT2D eigenvalue weighted by atomic mass is 16.6. The highest BCUT2D eigenvalue weighted by molar-refractivity contribution is 6.05. The third-order valence-corrected chi connectivity index (χ3v) is 5.21. The zero-order chi connectivity index (χ0) is 24.9. The Morgan fingerprint density at radius 2 is 1.91 bits per heavy atom. The summed E-state index contributed by atoms with van der Waals surface area (Å²) in [6, 6.07) is 14.9. The van der Waals surface area contributed by atoms with Gasteiger partial charge < -0.3 is 14.8 Å². The first kappa shape index (κ1) is 23.4. The van der Waals surface area contributed by atoms with Crippen LogP contribution in [0.3, 0.4) is 0 Å². The summed E-state index contributed by atoms with van der Waals surface area (Å²) in [6.45, 7) is 1.81. The summed E-state index contributed by atoms with van der Waals surface area (Å²) in [5, 5.41) is 18.5. The second kappa shape index (κ2) is 10.00. The molecule has 2 aromatic carbocycles. The Kier molecular flexibility index (Phi) is 6.67. The van der Waals surface area contributed by atoms with Gasteiger partial charge in [0, 0.05) is 12.1 Å². The lowest BCUT2D eigenvalue weighted by Gasteiger charge is -2.10. The molecule has 178 valence electrons. The predicted octanol–water partition coefficient (Wildman–Crippen LogP) is 3.83. The third kappa shape index (κ3) is 4.93. The molecule has 2 aromatic heterocycles. The number of nitro groups is 1. The molecule has 0 unspecified atom stereocenters. The molecule has 0 aliphatic rings. The van der Waals surface area contributed by atoms with Crippen LogP contribution in [-0.2, 0) is 16.1 Å². The number of carbonyl (C=O) groups is 2. The fourth-order valence-electron chi connectivity index (χ4n) is 3.50. The maximum absolute atomic E-state index is 13.0. The van der Waals surface area contributed by atoms with Crippen LogP contribution in [0.25, 0.3) is 22.3 Å². The predicted molar refractivity (Wildman–Crippen MR) is 127 cm³/mol. The first-order valence-corrected chi connectivity index (χ1v) is 10.6. The number of hydrogen-bond donors (Lipinski definition) is 1. The van der Waals surface area contributed by atoms with Crippen molar-refractivity contribution < 1.29 is 24.0 Å². The molecule has 11 nitrogen and oxygen atoms in total. The van der Waals surface area contributed by atoms with Gasteiger partial charge in [0.1, 0.15) is 11.4 Å². The fourth-order valence-corrected chi connectivity index (χ4v) is 3.50. The average molecular weight is 475 g/mol. The number of nitro benzene ring substituents is 1. The highest BCUT2D eigenvalue weighted by Crippen LogP contribution is 2.29. The summed E-state index contributed by atoms with van der Waals surface area (Å²) >= 11 is 0. The number of ether oxygens (including phenoxy) is 2. The number of esters is 1. The Balaban J connectivity index is 1.56. The molecule has 4 rings (SSSR count). The normalized spacial score (nSPS) is 10.7. The van der Waals surface area contributed by atoms with Gasteiger partial charge in [-0.3, -0.25) is 14.9 Å². The quantitative estimate of drug-likeness (QED) is 0.230. The number of amides is 1. The second-order valence-electron chi connectivity index (χ2n) is 7.38. The number of hydrogen-bond acceptors (Lipinski definition) is 8. The summed E-state index contributed by atoms with van der Waals surface area (Å²) in [6.07, 6.45) is 1.53. The van der Waals surface area contributed by atoms with E-state index in [1.165, 1.54) is 31.5 Å². The number of benzene rings is 2. The van der Waals surface area contributed by atoms with Crippen molar-refractivity contribution in [2.75, 3.05) is 19.0 Å². The molecule has 0 saturated carbocycles. The minimum absolute atomic E-state index is 0.0428. The van der Waals surface area contributed by atoms with E-state index in [0.29, 0.717) is 23.3 Å². The van der Waals surface area contributed by atoms with Crippen LogP contribution in [0.2, 0.25) is 0 Å². The molecule has 4 aromatic rings. The summed E-state index contributed by atoms with van der Waals surface area (Å²) < 4.78 is 11.9. The van der Waals surface area contributed by atoms with Gasteiger partial charge in [-0.15, -0.1) is 0 Å². The Bertz CT molecular complexity index is 1420. The number of nitrogens with zero attached hydrogens (tertiary/aromatic N) is 4. The molecule has 0 saturated heterocycles. The molecule has 0 spiro atoms. The van der Waals surface area contributed by atoms with Crippen molar-refractivity contribution in [2.24, 2.45) is 0 Å². The number of rotatable bonds is 8. The van der Waals surface area contributed by atoms with Gasteiger partial charge in [-0.1, -0.05) is 30.3 Å². The van der Waals surface area contributed by atoms with Crippen molar-refractivity contribution in [1.29, 1.82) is 0 Å². The summed E-state index contributed by atoms with van der Waals surface area (Å²) in [4.78, 5) is 40.7. The third-order valence-electron chi connectivity index (χ3n) is 5.21. The highest BCUT2D eigenvalue weighted by Gasteiger charge is 2.21. The van der Waals surface area contributed by atoms with Crippen LogP contribution >= 0.6 is 0 Å². The van der Waals surface area contributed by atoms with E-state index in [-0.39, 0.29) is 22.7 Å². The molecule has 2 heterocycles. The molecule has 11 heteroatoms. The van der Waals surface area contributed by atoms with Gasteiger partial charge in [0.15, 0.2) is 12.3 Å². The molecule has 35 heavy (non-hydrogen) atoms. The number of methoxy groups -OCH3 is 1. The van der Waals surface area contributed by atoms with Gasteiger partial charge in [-0.2, -0.15) is 5.10 Å². The minimum Gasteiger partial charge on any atom is -0.496 e. The standard InChI is InChI=1S/C24H21N5O6/c1-3-28-23-18(13-25-28)17(12-20(27-23)15-7-5-4-6-8-15)24(31)35-14-22(30)26-19-10-9-16(34-2)11-21(19)29(32)33/h4-13H,3,14H2,1-2H3,(H,26,30). The monoisotopic (exact) mass is 475 g/mol. The Morgan fingerprint density at radius 1 is 1.14 bits per heavy atom. The number of carbonyl (C=O) groups excluding carboxylic acids is 2. The van der Waals surface area contributed by atoms with Gasteiger partial charge in [0.25, 0.3) is 11.6 Å². The number of anilines is 1. The lowest BCUT2D eigenvalue weighted by molar-refractivity contribution is -0.384.